The molecule has 0 aromatic rings. The van der Waals surface area contributed by atoms with E-state index in [0.29, 0.717) is 0 Å². The van der Waals surface area contributed by atoms with Crippen molar-refractivity contribution in [3.8, 4) is 0 Å². The molecule has 1 heterocycles. The largest absolute Gasteiger partial charge is 0.330 e. The molecule has 0 bridgehead atoms. The quantitative estimate of drug-likeness (QED) is 0.658. The molecule has 0 aliphatic carbocycles. The number of nitrogens with two attached hydrogens (primary N) is 1. The van der Waals surface area contributed by atoms with Crippen molar-refractivity contribution in [3.05, 3.63) is 0 Å². The van der Waals surface area contributed by atoms with Gasteiger partial charge in [0.25, 0.3) is 0 Å². The van der Waals surface area contributed by atoms with Crippen LogP contribution in [0.15, 0.2) is 0 Å². The van der Waals surface area contributed by atoms with E-state index in [4.69, 9.17) is 5.73 Å². The highest BCUT2D eigenvalue weighted by molar-refractivity contribution is 4.86. The predicted molar refractivity (Wildman–Crippen MR) is 75.2 cm³/mol. The number of hydrogen-bond acceptors (Lipinski definition) is 3. The summed E-state index contributed by atoms with van der Waals surface area (Å²) in [5.41, 5.74) is 5.49. The molecule has 1 aliphatic heterocycles. The van der Waals surface area contributed by atoms with Crippen LogP contribution < -0.4 is 5.73 Å². The first-order valence-electron chi connectivity index (χ1n) is 7.24. The molecule has 2 N–H and O–H groups in total. The van der Waals surface area contributed by atoms with Gasteiger partial charge in [0.2, 0.25) is 0 Å². The van der Waals surface area contributed by atoms with E-state index < -0.39 is 0 Å². The van der Waals surface area contributed by atoms with Crippen LogP contribution in [0.1, 0.15) is 39.0 Å². The molecule has 2 atom stereocenters. The molecule has 2 unspecified atom stereocenters. The fourth-order valence-electron chi connectivity index (χ4n) is 2.91. The number of unbranched alkanes of at least 4 members (excludes halogenated alkanes) is 4. The average Bonchev–Trinajstić information content (AvgIpc) is 2.65. The summed E-state index contributed by atoms with van der Waals surface area (Å²) in [6.45, 7) is 7.07. The third-order valence-corrected chi connectivity index (χ3v) is 3.99. The Bertz CT molecular complexity index is 194. The molecule has 0 saturated carbocycles. The maximum atomic E-state index is 5.49. The Hall–Kier alpha value is -0.120. The predicted octanol–water partition coefficient (Wildman–Crippen LogP) is 1.78. The number of rotatable bonds is 8. The van der Waals surface area contributed by atoms with Crippen molar-refractivity contribution in [2.75, 3.05) is 40.3 Å². The Morgan fingerprint density at radius 3 is 2.29 bits per heavy atom. The SMILES string of the molecule is CC1CN(CCCCCCCN)CC1N(C)C. The van der Waals surface area contributed by atoms with Gasteiger partial charge in [-0.1, -0.05) is 26.2 Å². The lowest BCUT2D eigenvalue weighted by Crippen LogP contribution is -2.34. The van der Waals surface area contributed by atoms with Crippen molar-refractivity contribution in [3.63, 3.8) is 0 Å². The molecule has 17 heavy (non-hydrogen) atoms. The highest BCUT2D eigenvalue weighted by Crippen LogP contribution is 2.20. The van der Waals surface area contributed by atoms with E-state index >= 15 is 0 Å². The van der Waals surface area contributed by atoms with Crippen molar-refractivity contribution in [1.82, 2.24) is 9.80 Å². The van der Waals surface area contributed by atoms with Gasteiger partial charge in [-0.3, -0.25) is 0 Å². The van der Waals surface area contributed by atoms with Gasteiger partial charge in [0, 0.05) is 19.1 Å². The minimum absolute atomic E-state index is 0.757. The summed E-state index contributed by atoms with van der Waals surface area (Å²) in [6, 6.07) is 0.757. The summed E-state index contributed by atoms with van der Waals surface area (Å²) in [7, 11) is 4.41. The second kappa shape index (κ2) is 8.06. The molecule has 1 fully saturated rings. The van der Waals surface area contributed by atoms with Gasteiger partial charge in [0.15, 0.2) is 0 Å². The molecular formula is C14H31N3. The van der Waals surface area contributed by atoms with Crippen molar-refractivity contribution < 1.29 is 0 Å². The fourth-order valence-corrected chi connectivity index (χ4v) is 2.91. The van der Waals surface area contributed by atoms with E-state index in [9.17, 15) is 0 Å². The van der Waals surface area contributed by atoms with Gasteiger partial charge in [-0.2, -0.15) is 0 Å². The maximum absolute atomic E-state index is 5.49. The molecule has 0 radical (unpaired) electrons. The van der Waals surface area contributed by atoms with Crippen molar-refractivity contribution in [2.24, 2.45) is 11.7 Å². The summed E-state index contributed by atoms with van der Waals surface area (Å²) in [5, 5.41) is 0. The van der Waals surface area contributed by atoms with Gasteiger partial charge in [0.1, 0.15) is 0 Å². The first-order valence-corrected chi connectivity index (χ1v) is 7.24. The number of hydrogen-bond donors (Lipinski definition) is 1. The molecule has 3 heteroatoms. The topological polar surface area (TPSA) is 32.5 Å². The molecule has 3 nitrogen and oxygen atoms in total. The zero-order valence-electron chi connectivity index (χ0n) is 12.0. The van der Waals surface area contributed by atoms with Crippen LogP contribution in [-0.4, -0.2) is 56.1 Å². The summed E-state index contributed by atoms with van der Waals surface area (Å²) in [5.74, 6) is 0.822. The van der Waals surface area contributed by atoms with Gasteiger partial charge < -0.3 is 15.5 Å². The van der Waals surface area contributed by atoms with E-state index in [1.165, 1.54) is 51.7 Å². The molecule has 102 valence electrons. The van der Waals surface area contributed by atoms with Gasteiger partial charge in [0.05, 0.1) is 0 Å². The molecule has 0 aromatic carbocycles. The summed E-state index contributed by atoms with van der Waals surface area (Å²) in [6.07, 6.45) is 6.60. The molecule has 1 aliphatic rings. The van der Waals surface area contributed by atoms with Crippen molar-refractivity contribution in [2.45, 2.75) is 45.1 Å². The van der Waals surface area contributed by atoms with E-state index in [0.717, 1.165) is 18.5 Å². The summed E-state index contributed by atoms with van der Waals surface area (Å²) >= 11 is 0. The lowest BCUT2D eigenvalue weighted by atomic mass is 10.1. The maximum Gasteiger partial charge on any atom is 0.0254 e. The van der Waals surface area contributed by atoms with E-state index in [1.807, 2.05) is 0 Å². The van der Waals surface area contributed by atoms with E-state index in [-0.39, 0.29) is 0 Å². The lowest BCUT2D eigenvalue weighted by molar-refractivity contribution is 0.251. The Balaban J connectivity index is 2.05. The van der Waals surface area contributed by atoms with Gasteiger partial charge in [-0.05, 0) is 45.9 Å². The summed E-state index contributed by atoms with van der Waals surface area (Å²) < 4.78 is 0. The second-order valence-corrected chi connectivity index (χ2v) is 5.82. The highest BCUT2D eigenvalue weighted by atomic mass is 15.2. The minimum Gasteiger partial charge on any atom is -0.330 e. The normalized spacial score (nSPS) is 25.9. The third-order valence-electron chi connectivity index (χ3n) is 3.99. The molecule has 1 saturated heterocycles. The van der Waals surface area contributed by atoms with E-state index in [1.54, 1.807) is 0 Å². The minimum atomic E-state index is 0.757. The molecular weight excluding hydrogens is 210 g/mol. The second-order valence-electron chi connectivity index (χ2n) is 5.82. The Morgan fingerprint density at radius 1 is 1.06 bits per heavy atom. The zero-order valence-corrected chi connectivity index (χ0v) is 12.0. The van der Waals surface area contributed by atoms with Crippen LogP contribution in [0.25, 0.3) is 0 Å². The van der Waals surface area contributed by atoms with Gasteiger partial charge in [-0.25, -0.2) is 0 Å². The molecule has 0 aromatic heterocycles. The number of likely N-dealkylation sites (N-methyl/N-ethyl adjacent to an activating group) is 1. The standard InChI is InChI=1S/C14H31N3/c1-13-11-17(12-14(13)16(2)3)10-8-6-4-5-7-9-15/h13-14H,4-12,15H2,1-3H3. The van der Waals surface area contributed by atoms with Gasteiger partial charge >= 0.3 is 0 Å². The Kier molecular flexibility index (Phi) is 7.09. The zero-order chi connectivity index (χ0) is 12.7. The van der Waals surface area contributed by atoms with Crippen LogP contribution >= 0.6 is 0 Å². The monoisotopic (exact) mass is 241 g/mol. The Morgan fingerprint density at radius 2 is 1.71 bits per heavy atom. The van der Waals surface area contributed by atoms with E-state index in [2.05, 4.69) is 30.8 Å². The fraction of sp³-hybridized carbons (Fsp3) is 1.00. The van der Waals surface area contributed by atoms with Crippen LogP contribution in [-0.2, 0) is 0 Å². The van der Waals surface area contributed by atoms with Crippen molar-refractivity contribution in [1.29, 1.82) is 0 Å². The first kappa shape index (κ1) is 14.9. The number of likely N-dealkylation sites (tertiary alicyclic amines) is 1. The average molecular weight is 241 g/mol. The summed E-state index contributed by atoms with van der Waals surface area (Å²) in [4.78, 5) is 5.02. The Labute approximate surface area is 107 Å². The molecule has 0 spiro atoms. The highest BCUT2D eigenvalue weighted by Gasteiger charge is 2.30. The molecule has 0 amide bonds. The first-order chi connectivity index (χ1) is 8.15. The lowest BCUT2D eigenvalue weighted by Gasteiger charge is -2.22. The smallest absolute Gasteiger partial charge is 0.0254 e. The molecule has 1 rings (SSSR count). The van der Waals surface area contributed by atoms with Crippen LogP contribution in [0, 0.1) is 5.92 Å². The third kappa shape index (κ3) is 5.36. The van der Waals surface area contributed by atoms with Crippen molar-refractivity contribution >= 4 is 0 Å². The van der Waals surface area contributed by atoms with Crippen LogP contribution in [0.5, 0.6) is 0 Å². The van der Waals surface area contributed by atoms with Crippen LogP contribution in [0.4, 0.5) is 0 Å². The van der Waals surface area contributed by atoms with Crippen LogP contribution in [0.3, 0.4) is 0 Å². The number of nitrogens with zero attached hydrogens (tertiary/aromatic N) is 2. The van der Waals surface area contributed by atoms with Gasteiger partial charge in [-0.15, -0.1) is 0 Å². The van der Waals surface area contributed by atoms with Crippen LogP contribution in [0.2, 0.25) is 0 Å².